The molecule has 0 N–H and O–H groups in total. The van der Waals surface area contributed by atoms with E-state index in [9.17, 15) is 4.79 Å². The molecule has 1 aromatic carbocycles. The zero-order valence-corrected chi connectivity index (χ0v) is 21.7. The van der Waals surface area contributed by atoms with E-state index in [0.29, 0.717) is 18.1 Å². The average molecular weight is 495 g/mol. The fourth-order valence-corrected chi connectivity index (χ4v) is 4.47. The van der Waals surface area contributed by atoms with Crippen LogP contribution < -0.4 is 10.3 Å². The number of rotatable bonds is 5. The summed E-state index contributed by atoms with van der Waals surface area (Å²) in [4.78, 5) is 28.2. The number of benzene rings is 1. The van der Waals surface area contributed by atoms with Crippen LogP contribution in [0.3, 0.4) is 0 Å². The summed E-state index contributed by atoms with van der Waals surface area (Å²) in [6, 6.07) is 9.68. The zero-order valence-electron chi connectivity index (χ0n) is 20.1. The van der Waals surface area contributed by atoms with Crippen molar-refractivity contribution in [3.63, 3.8) is 0 Å². The van der Waals surface area contributed by atoms with Crippen LogP contribution in [0.25, 0.3) is 16.9 Å². The highest BCUT2D eigenvalue weighted by Crippen LogP contribution is 2.28. The van der Waals surface area contributed by atoms with Crippen molar-refractivity contribution in [3.05, 3.63) is 84.9 Å². The third-order valence-electron chi connectivity index (χ3n) is 5.35. The van der Waals surface area contributed by atoms with Gasteiger partial charge in [-0.15, -0.1) is 11.3 Å². The number of nitrogens with zero attached hydrogens (tertiary/aromatic N) is 4. The van der Waals surface area contributed by atoms with Gasteiger partial charge in [-0.05, 0) is 49.9 Å². The molecule has 0 spiro atoms. The van der Waals surface area contributed by atoms with Gasteiger partial charge in [-0.2, -0.15) is 4.98 Å². The highest BCUT2D eigenvalue weighted by molar-refractivity contribution is 7.10. The minimum atomic E-state index is -0.377. The second-order valence-electron chi connectivity index (χ2n) is 9.30. The lowest BCUT2D eigenvalue weighted by molar-refractivity contribution is 0.292. The van der Waals surface area contributed by atoms with Crippen molar-refractivity contribution in [3.8, 4) is 22.8 Å². The first-order valence-electron chi connectivity index (χ1n) is 11.0. The molecule has 8 heteroatoms. The van der Waals surface area contributed by atoms with Gasteiger partial charge in [0.2, 0.25) is 5.88 Å². The van der Waals surface area contributed by atoms with Crippen LogP contribution in [0.5, 0.6) is 5.88 Å². The van der Waals surface area contributed by atoms with Gasteiger partial charge >= 0.3 is 0 Å². The van der Waals surface area contributed by atoms with Gasteiger partial charge in [-0.25, -0.2) is 9.97 Å². The third kappa shape index (κ3) is 4.91. The Hall–Kier alpha value is -3.03. The number of hydrogen-bond donors (Lipinski definition) is 0. The van der Waals surface area contributed by atoms with Gasteiger partial charge in [0.05, 0.1) is 11.4 Å². The van der Waals surface area contributed by atoms with Crippen LogP contribution >= 0.6 is 22.9 Å². The molecule has 0 aliphatic heterocycles. The summed E-state index contributed by atoms with van der Waals surface area (Å²) in [5, 5.41) is 1.97. The van der Waals surface area contributed by atoms with Gasteiger partial charge in [0.25, 0.3) is 5.56 Å². The van der Waals surface area contributed by atoms with Crippen LogP contribution in [0.1, 0.15) is 48.4 Å². The highest BCUT2D eigenvalue weighted by Gasteiger charge is 2.20. The highest BCUT2D eigenvalue weighted by atomic mass is 35.5. The fraction of sp³-hybridized carbons (Fsp3) is 0.308. The van der Waals surface area contributed by atoms with Crippen molar-refractivity contribution in [2.24, 2.45) is 0 Å². The Morgan fingerprint density at radius 1 is 1.12 bits per heavy atom. The lowest BCUT2D eigenvalue weighted by Crippen LogP contribution is -2.23. The Morgan fingerprint density at radius 3 is 2.56 bits per heavy atom. The summed E-state index contributed by atoms with van der Waals surface area (Å²) in [7, 11) is 0. The maximum absolute atomic E-state index is 13.2. The smallest absolute Gasteiger partial charge is 0.280 e. The van der Waals surface area contributed by atoms with Crippen LogP contribution in [-0.4, -0.2) is 19.5 Å². The molecule has 0 saturated heterocycles. The fourth-order valence-electron chi connectivity index (χ4n) is 3.60. The predicted molar refractivity (Wildman–Crippen MR) is 137 cm³/mol. The summed E-state index contributed by atoms with van der Waals surface area (Å²) in [5.74, 6) is 1.39. The minimum Gasteiger partial charge on any atom is -0.472 e. The van der Waals surface area contributed by atoms with Crippen LogP contribution in [0.4, 0.5) is 0 Å². The summed E-state index contributed by atoms with van der Waals surface area (Å²) in [6.07, 6.45) is 1.84. The van der Waals surface area contributed by atoms with Crippen LogP contribution in [0, 0.1) is 20.8 Å². The molecule has 6 nitrogen and oxygen atoms in total. The molecule has 0 fully saturated rings. The Bertz CT molecular complexity index is 1420. The minimum absolute atomic E-state index is 0.0452. The maximum Gasteiger partial charge on any atom is 0.280 e. The molecule has 4 rings (SSSR count). The van der Waals surface area contributed by atoms with E-state index >= 15 is 0 Å². The van der Waals surface area contributed by atoms with E-state index in [0.717, 1.165) is 28.2 Å². The average Bonchev–Trinajstić information content (AvgIpc) is 3.20. The first-order valence-corrected chi connectivity index (χ1v) is 12.2. The summed E-state index contributed by atoms with van der Waals surface area (Å²) < 4.78 is 7.27. The monoisotopic (exact) mass is 494 g/mol. The molecule has 3 heterocycles. The topological polar surface area (TPSA) is 69.9 Å². The summed E-state index contributed by atoms with van der Waals surface area (Å²) in [5.41, 5.74) is 3.80. The Kier molecular flexibility index (Phi) is 6.60. The standard InChI is InChI=1S/C26H27ClN4O2S/c1-15-12-28-25(26(4,5)6)30-22(15)19-8-7-9-20(11-19)31-17(3)29-23(21(27)24(31)32)33-13-18-10-16(2)34-14-18/h7-12,14H,13H2,1-6H3. The molecular weight excluding hydrogens is 468 g/mol. The lowest BCUT2D eigenvalue weighted by Gasteiger charge is -2.18. The normalized spacial score (nSPS) is 11.6. The molecule has 0 unspecified atom stereocenters. The number of aryl methyl sites for hydroxylation is 3. The number of halogens is 1. The Morgan fingerprint density at radius 2 is 1.88 bits per heavy atom. The first kappa shape index (κ1) is 24.1. The van der Waals surface area contributed by atoms with Crippen molar-refractivity contribution >= 4 is 22.9 Å². The number of aromatic nitrogens is 4. The van der Waals surface area contributed by atoms with Crippen LogP contribution in [-0.2, 0) is 12.0 Å². The molecule has 34 heavy (non-hydrogen) atoms. The van der Waals surface area contributed by atoms with Crippen LogP contribution in [0.2, 0.25) is 5.02 Å². The predicted octanol–water partition coefficient (Wildman–Crippen LogP) is 6.21. The van der Waals surface area contributed by atoms with Gasteiger partial charge in [-0.3, -0.25) is 9.36 Å². The van der Waals surface area contributed by atoms with Crippen molar-refractivity contribution in [1.29, 1.82) is 0 Å². The lowest BCUT2D eigenvalue weighted by atomic mass is 9.95. The second-order valence-corrected chi connectivity index (χ2v) is 10.8. The zero-order chi connectivity index (χ0) is 24.6. The van der Waals surface area contributed by atoms with E-state index in [1.165, 1.54) is 9.44 Å². The quantitative estimate of drug-likeness (QED) is 0.330. The van der Waals surface area contributed by atoms with E-state index < -0.39 is 0 Å². The molecule has 0 aliphatic rings. The summed E-state index contributed by atoms with van der Waals surface area (Å²) in [6.45, 7) is 12.3. The Balaban J connectivity index is 1.72. The van der Waals surface area contributed by atoms with Gasteiger partial charge in [0, 0.05) is 27.6 Å². The Labute approximate surface area is 208 Å². The largest absolute Gasteiger partial charge is 0.472 e. The van der Waals surface area contributed by atoms with Gasteiger partial charge in [0.1, 0.15) is 18.3 Å². The van der Waals surface area contributed by atoms with Gasteiger partial charge in [0.15, 0.2) is 5.02 Å². The van der Waals surface area contributed by atoms with Crippen molar-refractivity contribution in [1.82, 2.24) is 19.5 Å². The SMILES string of the molecule is Cc1cc(COc2nc(C)n(-c3cccc(-c4nc(C(C)(C)C)ncc4C)c3)c(=O)c2Cl)cs1. The van der Waals surface area contributed by atoms with Gasteiger partial charge < -0.3 is 4.74 Å². The van der Waals surface area contributed by atoms with Gasteiger partial charge in [-0.1, -0.05) is 44.5 Å². The molecule has 0 amide bonds. The van der Waals surface area contributed by atoms with Crippen molar-refractivity contribution in [2.75, 3.05) is 0 Å². The van der Waals surface area contributed by atoms with E-state index in [1.54, 1.807) is 18.3 Å². The molecular formula is C26H27ClN4O2S. The van der Waals surface area contributed by atoms with E-state index in [1.807, 2.05) is 55.8 Å². The maximum atomic E-state index is 13.2. The van der Waals surface area contributed by atoms with E-state index in [-0.39, 0.29) is 21.9 Å². The number of ether oxygens (including phenoxy) is 1. The summed E-state index contributed by atoms with van der Waals surface area (Å²) >= 11 is 8.05. The van der Waals surface area contributed by atoms with E-state index in [4.69, 9.17) is 21.3 Å². The molecule has 176 valence electrons. The molecule has 4 aromatic rings. The number of thiophene rings is 1. The molecule has 0 saturated carbocycles. The molecule has 0 radical (unpaired) electrons. The second kappa shape index (κ2) is 9.31. The molecule has 0 aliphatic carbocycles. The van der Waals surface area contributed by atoms with Crippen molar-refractivity contribution < 1.29 is 4.74 Å². The van der Waals surface area contributed by atoms with E-state index in [2.05, 4.69) is 30.7 Å². The molecule has 0 bridgehead atoms. The first-order chi connectivity index (χ1) is 16.0. The van der Waals surface area contributed by atoms with Crippen LogP contribution in [0.15, 0.2) is 46.7 Å². The molecule has 3 aromatic heterocycles. The third-order valence-corrected chi connectivity index (χ3v) is 6.58. The van der Waals surface area contributed by atoms with Crippen molar-refractivity contribution in [2.45, 2.75) is 53.6 Å². The molecule has 0 atom stereocenters. The number of hydrogen-bond acceptors (Lipinski definition) is 6.